The van der Waals surface area contributed by atoms with Gasteiger partial charge in [0.1, 0.15) is 12.4 Å². The maximum Gasteiger partial charge on any atom is 0.166 e. The predicted octanol–water partition coefficient (Wildman–Crippen LogP) is 1.63. The number of halogens is 1. The molecule has 0 aliphatic rings. The minimum absolute atomic E-state index is 0. The van der Waals surface area contributed by atoms with Gasteiger partial charge in [-0.05, 0) is 5.56 Å². The van der Waals surface area contributed by atoms with Crippen molar-refractivity contribution in [1.29, 1.82) is 0 Å². The van der Waals surface area contributed by atoms with Gasteiger partial charge < -0.3 is 10.2 Å². The molecule has 0 spiro atoms. The van der Waals surface area contributed by atoms with E-state index in [1.54, 1.807) is 12.1 Å². The molecule has 0 aliphatic heterocycles. The Balaban J connectivity index is 0.00000220. The third-order valence-electron chi connectivity index (χ3n) is 3.29. The summed E-state index contributed by atoms with van der Waals surface area (Å²) in [7, 11) is 0. The van der Waals surface area contributed by atoms with E-state index in [0.29, 0.717) is 17.4 Å². The van der Waals surface area contributed by atoms with E-state index in [0.717, 1.165) is 5.56 Å². The second-order valence-electron chi connectivity index (χ2n) is 4.77. The Labute approximate surface area is 129 Å². The molecule has 2 aromatic rings. The van der Waals surface area contributed by atoms with Crippen molar-refractivity contribution in [1.82, 2.24) is 0 Å². The van der Waals surface area contributed by atoms with Gasteiger partial charge in [0, 0.05) is 17.5 Å². The average Bonchev–Trinajstić information content (AvgIpc) is 2.48. The van der Waals surface area contributed by atoms with Crippen molar-refractivity contribution in [2.75, 3.05) is 0 Å². The molecule has 21 heavy (non-hydrogen) atoms. The van der Waals surface area contributed by atoms with Gasteiger partial charge >= 0.3 is 0 Å². The van der Waals surface area contributed by atoms with Crippen molar-refractivity contribution in [3.8, 4) is 0 Å². The zero-order chi connectivity index (χ0) is 14.6. The van der Waals surface area contributed by atoms with Crippen LogP contribution in [0.5, 0.6) is 0 Å². The molecule has 0 aliphatic carbocycles. The number of hydrogen-bond acceptors (Lipinski definition) is 4. The molecule has 0 unspecified atom stereocenters. The van der Waals surface area contributed by atoms with E-state index >= 15 is 0 Å². The summed E-state index contributed by atoms with van der Waals surface area (Å²) in [6.07, 6.45) is -0.199. The van der Waals surface area contributed by atoms with Gasteiger partial charge in [-0.1, -0.05) is 54.6 Å². The molecule has 112 valence electrons. The smallest absolute Gasteiger partial charge is 0.166 e. The second kappa shape index (κ2) is 7.33. The fourth-order valence-corrected chi connectivity index (χ4v) is 2.01. The molecule has 0 aromatic heterocycles. The molecule has 5 heteroatoms. The van der Waals surface area contributed by atoms with E-state index in [9.17, 15) is 15.0 Å². The van der Waals surface area contributed by atoms with Gasteiger partial charge in [-0.3, -0.25) is 10.5 Å². The molecule has 0 radical (unpaired) electrons. The predicted molar refractivity (Wildman–Crippen MR) is 83.3 cm³/mol. The molecule has 0 fully saturated rings. The Morgan fingerprint density at radius 1 is 1.10 bits per heavy atom. The second-order valence-corrected chi connectivity index (χ2v) is 4.77. The lowest BCUT2D eigenvalue weighted by atomic mass is 9.92. The molecule has 0 amide bonds. The number of rotatable bonds is 5. The Kier molecular flexibility index (Phi) is 6.05. The summed E-state index contributed by atoms with van der Waals surface area (Å²) in [5, 5.41) is 20.5. The number of benzene rings is 2. The summed E-state index contributed by atoms with van der Waals surface area (Å²) < 4.78 is 0. The highest BCUT2D eigenvalue weighted by atomic mass is 35.5. The number of carbonyl (C=O) groups excluding carboxylic acids is 1. The number of nitrogens with two attached hydrogens (primary N) is 1. The van der Waals surface area contributed by atoms with E-state index in [1.807, 2.05) is 30.3 Å². The van der Waals surface area contributed by atoms with Gasteiger partial charge in [-0.2, -0.15) is 0 Å². The molecule has 2 atom stereocenters. The maximum atomic E-state index is 10.6. The molecule has 0 heterocycles. The molecule has 4 nitrogen and oxygen atoms in total. The first-order valence-electron chi connectivity index (χ1n) is 6.33. The lowest BCUT2D eigenvalue weighted by Crippen LogP contribution is -2.48. The van der Waals surface area contributed by atoms with Crippen LogP contribution < -0.4 is 5.73 Å². The maximum absolute atomic E-state index is 10.6. The highest BCUT2D eigenvalue weighted by Crippen LogP contribution is 2.22. The molecule has 0 saturated heterocycles. The van der Waals surface area contributed by atoms with E-state index in [-0.39, 0.29) is 18.8 Å². The number of aldehydes is 1. The van der Waals surface area contributed by atoms with Crippen molar-refractivity contribution in [3.05, 3.63) is 71.3 Å². The van der Waals surface area contributed by atoms with E-state index in [4.69, 9.17) is 5.73 Å². The molecule has 0 bridgehead atoms. The third-order valence-corrected chi connectivity index (χ3v) is 3.29. The van der Waals surface area contributed by atoms with Crippen molar-refractivity contribution in [2.45, 2.75) is 18.2 Å². The summed E-state index contributed by atoms with van der Waals surface area (Å²) in [4.78, 5) is 10.6. The van der Waals surface area contributed by atoms with Gasteiger partial charge in [0.2, 0.25) is 0 Å². The third kappa shape index (κ3) is 4.12. The number of hydrogen-bond donors (Lipinski definition) is 3. The van der Waals surface area contributed by atoms with Gasteiger partial charge in [0.05, 0.1) is 0 Å². The van der Waals surface area contributed by atoms with E-state index in [2.05, 4.69) is 0 Å². The van der Waals surface area contributed by atoms with E-state index < -0.39 is 11.8 Å². The quantitative estimate of drug-likeness (QED) is 0.579. The van der Waals surface area contributed by atoms with Crippen LogP contribution >= 0.6 is 12.4 Å². The summed E-state index contributed by atoms with van der Waals surface area (Å²) in [5.74, 6) is 0. The van der Waals surface area contributed by atoms with Crippen LogP contribution in [0.25, 0.3) is 0 Å². The lowest BCUT2D eigenvalue weighted by Gasteiger charge is -2.29. The van der Waals surface area contributed by atoms with E-state index in [1.165, 1.54) is 12.1 Å². The molecular formula is C16H18ClNO3. The van der Waals surface area contributed by atoms with Crippen LogP contribution in [0.1, 0.15) is 21.5 Å². The average molecular weight is 308 g/mol. The normalized spacial score (nSPS) is 14.6. The Morgan fingerprint density at radius 3 is 2.19 bits per heavy atom. The van der Waals surface area contributed by atoms with Crippen LogP contribution in [0.2, 0.25) is 0 Å². The zero-order valence-electron chi connectivity index (χ0n) is 11.3. The van der Waals surface area contributed by atoms with Gasteiger partial charge in [0.25, 0.3) is 0 Å². The van der Waals surface area contributed by atoms with Gasteiger partial charge in [0.15, 0.2) is 5.72 Å². The number of aliphatic hydroxyl groups is 2. The topological polar surface area (TPSA) is 83.5 Å². The lowest BCUT2D eigenvalue weighted by molar-refractivity contribution is -0.0756. The Morgan fingerprint density at radius 2 is 1.67 bits per heavy atom. The monoisotopic (exact) mass is 307 g/mol. The Hall–Kier alpha value is -1.72. The first-order valence-corrected chi connectivity index (χ1v) is 6.33. The van der Waals surface area contributed by atoms with Crippen molar-refractivity contribution >= 4 is 18.7 Å². The SMILES string of the molecule is Cl.N[C@@](O)(c1ccc(C=O)cc1)[C@H](O)Cc1ccccc1. The van der Waals surface area contributed by atoms with Crippen molar-refractivity contribution < 1.29 is 15.0 Å². The van der Waals surface area contributed by atoms with Crippen LogP contribution in [0, 0.1) is 0 Å². The van der Waals surface area contributed by atoms with Crippen molar-refractivity contribution in [3.63, 3.8) is 0 Å². The first-order chi connectivity index (χ1) is 9.54. The molecule has 2 aromatic carbocycles. The highest BCUT2D eigenvalue weighted by Gasteiger charge is 2.33. The summed E-state index contributed by atoms with van der Waals surface area (Å²) in [6.45, 7) is 0. The standard InChI is InChI=1S/C16H17NO3.ClH/c17-16(20,14-8-6-13(11-18)7-9-14)15(19)10-12-4-2-1-3-5-12;/h1-9,11,15,19-20H,10,17H2;1H/t15-,16-;/m1./s1. The Bertz CT molecular complexity index is 570. The fourth-order valence-electron chi connectivity index (χ4n) is 2.01. The fraction of sp³-hybridized carbons (Fsp3) is 0.188. The van der Waals surface area contributed by atoms with Crippen LogP contribution in [0.15, 0.2) is 54.6 Å². The highest BCUT2D eigenvalue weighted by molar-refractivity contribution is 5.85. The first kappa shape index (κ1) is 17.3. The van der Waals surface area contributed by atoms with Crippen LogP contribution in [-0.4, -0.2) is 22.6 Å². The van der Waals surface area contributed by atoms with Crippen LogP contribution in [0.4, 0.5) is 0 Å². The minimum atomic E-state index is -1.86. The summed E-state index contributed by atoms with van der Waals surface area (Å²) in [5.41, 5.74) is 5.71. The number of carbonyl (C=O) groups is 1. The molecule has 0 saturated carbocycles. The van der Waals surface area contributed by atoms with Gasteiger partial charge in [-0.25, -0.2) is 0 Å². The number of aliphatic hydroxyl groups excluding tert-OH is 1. The summed E-state index contributed by atoms with van der Waals surface area (Å²) >= 11 is 0. The van der Waals surface area contributed by atoms with Gasteiger partial charge in [-0.15, -0.1) is 12.4 Å². The molecule has 2 rings (SSSR count). The van der Waals surface area contributed by atoms with Crippen molar-refractivity contribution in [2.24, 2.45) is 5.73 Å². The molecule has 4 N–H and O–H groups in total. The van der Waals surface area contributed by atoms with Crippen LogP contribution in [-0.2, 0) is 12.1 Å². The molecular weight excluding hydrogens is 290 g/mol. The van der Waals surface area contributed by atoms with Crippen LogP contribution in [0.3, 0.4) is 0 Å². The summed E-state index contributed by atoms with van der Waals surface area (Å²) in [6, 6.07) is 15.5. The largest absolute Gasteiger partial charge is 0.388 e. The zero-order valence-corrected chi connectivity index (χ0v) is 12.2. The minimum Gasteiger partial charge on any atom is -0.388 e.